The molecule has 6 heteroatoms. The van der Waals surface area contributed by atoms with Gasteiger partial charge in [-0.2, -0.15) is 0 Å². The molecule has 1 rings (SSSR count). The van der Waals surface area contributed by atoms with Crippen molar-refractivity contribution in [1.82, 2.24) is 4.90 Å². The number of aryl methyl sites for hydroxylation is 1. The van der Waals surface area contributed by atoms with Crippen LogP contribution in [0.1, 0.15) is 18.4 Å². The molecule has 0 saturated heterocycles. The Morgan fingerprint density at radius 1 is 1.42 bits per heavy atom. The van der Waals surface area contributed by atoms with Gasteiger partial charge in [0.15, 0.2) is 0 Å². The quantitative estimate of drug-likeness (QED) is 0.872. The summed E-state index contributed by atoms with van der Waals surface area (Å²) in [6, 6.07) is 5.39. The topological polar surface area (TPSA) is 69.6 Å². The number of hydrogen-bond donors (Lipinski definition) is 2. The summed E-state index contributed by atoms with van der Waals surface area (Å²) in [7, 11) is 1.64. The third-order valence-electron chi connectivity index (χ3n) is 2.60. The lowest BCUT2D eigenvalue weighted by Crippen LogP contribution is -2.32. The number of hydrogen-bond acceptors (Lipinski definition) is 2. The number of benzene rings is 1. The van der Waals surface area contributed by atoms with Crippen LogP contribution >= 0.6 is 15.9 Å². The smallest absolute Gasteiger partial charge is 0.321 e. The van der Waals surface area contributed by atoms with Crippen molar-refractivity contribution in [3.63, 3.8) is 0 Å². The van der Waals surface area contributed by atoms with Gasteiger partial charge in [0.2, 0.25) is 0 Å². The molecule has 0 spiro atoms. The van der Waals surface area contributed by atoms with Crippen LogP contribution in [0.3, 0.4) is 0 Å². The first-order valence-corrected chi connectivity index (χ1v) is 6.69. The highest BCUT2D eigenvalue weighted by Crippen LogP contribution is 2.23. The molecular formula is C13H17BrN2O3. The molecule has 104 valence electrons. The lowest BCUT2D eigenvalue weighted by Gasteiger charge is -2.18. The molecule has 0 fully saturated rings. The molecule has 2 N–H and O–H groups in total. The van der Waals surface area contributed by atoms with E-state index in [0.29, 0.717) is 18.7 Å². The highest BCUT2D eigenvalue weighted by atomic mass is 79.9. The van der Waals surface area contributed by atoms with Gasteiger partial charge in [0, 0.05) is 24.5 Å². The molecule has 1 aromatic carbocycles. The van der Waals surface area contributed by atoms with Gasteiger partial charge in [-0.15, -0.1) is 0 Å². The highest BCUT2D eigenvalue weighted by Gasteiger charge is 2.10. The molecule has 19 heavy (non-hydrogen) atoms. The van der Waals surface area contributed by atoms with E-state index in [-0.39, 0.29) is 12.5 Å². The average Bonchev–Trinajstić information content (AvgIpc) is 2.32. The Morgan fingerprint density at radius 2 is 2.11 bits per heavy atom. The second-order valence-corrected chi connectivity index (χ2v) is 5.19. The van der Waals surface area contributed by atoms with Gasteiger partial charge >= 0.3 is 12.0 Å². The minimum absolute atomic E-state index is 0.0614. The van der Waals surface area contributed by atoms with E-state index in [1.54, 1.807) is 7.05 Å². The molecule has 2 amide bonds. The van der Waals surface area contributed by atoms with Crippen molar-refractivity contribution in [3.05, 3.63) is 28.2 Å². The number of carbonyl (C=O) groups is 2. The zero-order valence-corrected chi connectivity index (χ0v) is 12.5. The van der Waals surface area contributed by atoms with Gasteiger partial charge in [0.05, 0.1) is 5.69 Å². The van der Waals surface area contributed by atoms with Crippen molar-refractivity contribution in [1.29, 1.82) is 0 Å². The predicted octanol–water partition coefficient (Wildman–Crippen LogP) is 3.09. The maximum absolute atomic E-state index is 11.9. The Balaban J connectivity index is 2.51. The first-order chi connectivity index (χ1) is 8.90. The number of rotatable bonds is 5. The average molecular weight is 329 g/mol. The number of carboxylic acid groups (broad SMARTS) is 1. The summed E-state index contributed by atoms with van der Waals surface area (Å²) in [5.41, 5.74) is 1.79. The fraction of sp³-hybridized carbons (Fsp3) is 0.385. The molecule has 1 aromatic rings. The van der Waals surface area contributed by atoms with Gasteiger partial charge in [0.1, 0.15) is 0 Å². The van der Waals surface area contributed by atoms with Gasteiger partial charge < -0.3 is 15.3 Å². The zero-order valence-electron chi connectivity index (χ0n) is 10.9. The van der Waals surface area contributed by atoms with Gasteiger partial charge in [-0.3, -0.25) is 4.79 Å². The van der Waals surface area contributed by atoms with E-state index < -0.39 is 5.97 Å². The van der Waals surface area contributed by atoms with Gasteiger partial charge in [-0.1, -0.05) is 6.07 Å². The van der Waals surface area contributed by atoms with Crippen molar-refractivity contribution in [2.75, 3.05) is 18.9 Å². The normalized spacial score (nSPS) is 10.1. The van der Waals surface area contributed by atoms with Crippen LogP contribution in [0.15, 0.2) is 22.7 Å². The summed E-state index contributed by atoms with van der Waals surface area (Å²) in [5.74, 6) is -0.852. The van der Waals surface area contributed by atoms with Crippen molar-refractivity contribution in [2.45, 2.75) is 19.8 Å². The zero-order chi connectivity index (χ0) is 14.4. The number of carboxylic acids is 1. The number of nitrogens with zero attached hydrogens (tertiary/aromatic N) is 1. The van der Waals surface area contributed by atoms with E-state index in [1.807, 2.05) is 25.1 Å². The summed E-state index contributed by atoms with van der Waals surface area (Å²) in [5, 5.41) is 11.3. The maximum Gasteiger partial charge on any atom is 0.321 e. The molecule has 0 radical (unpaired) electrons. The predicted molar refractivity (Wildman–Crippen MR) is 77.4 cm³/mol. The van der Waals surface area contributed by atoms with Crippen LogP contribution in [0.4, 0.5) is 10.5 Å². The van der Waals surface area contributed by atoms with Crippen molar-refractivity contribution >= 4 is 33.6 Å². The van der Waals surface area contributed by atoms with Crippen molar-refractivity contribution in [2.24, 2.45) is 0 Å². The first kappa shape index (κ1) is 15.5. The van der Waals surface area contributed by atoms with Gasteiger partial charge in [-0.05, 0) is 47.0 Å². The van der Waals surface area contributed by atoms with Crippen LogP contribution < -0.4 is 5.32 Å². The van der Waals surface area contributed by atoms with Gasteiger partial charge in [-0.25, -0.2) is 4.79 Å². The SMILES string of the molecule is Cc1ccc(NC(=O)N(C)CCCC(=O)O)c(Br)c1. The monoisotopic (exact) mass is 328 g/mol. The van der Waals surface area contributed by atoms with E-state index in [4.69, 9.17) is 5.11 Å². The molecule has 0 saturated carbocycles. The largest absolute Gasteiger partial charge is 0.481 e. The highest BCUT2D eigenvalue weighted by molar-refractivity contribution is 9.10. The third kappa shape index (κ3) is 5.30. The number of carbonyl (C=O) groups excluding carboxylic acids is 1. The van der Waals surface area contributed by atoms with E-state index >= 15 is 0 Å². The van der Waals surface area contributed by atoms with Crippen LogP contribution in [0.5, 0.6) is 0 Å². The molecule has 0 bridgehead atoms. The third-order valence-corrected chi connectivity index (χ3v) is 3.25. The number of nitrogens with one attached hydrogen (secondary N) is 1. The van der Waals surface area contributed by atoms with Crippen molar-refractivity contribution < 1.29 is 14.7 Å². The number of amides is 2. The van der Waals surface area contributed by atoms with Crippen molar-refractivity contribution in [3.8, 4) is 0 Å². The van der Waals surface area contributed by atoms with Crippen LogP contribution in [-0.4, -0.2) is 35.6 Å². The maximum atomic E-state index is 11.9. The van der Waals surface area contributed by atoms with Gasteiger partial charge in [0.25, 0.3) is 0 Å². The summed E-state index contributed by atoms with van der Waals surface area (Å²) in [4.78, 5) is 23.7. The molecule has 0 aliphatic rings. The van der Waals surface area contributed by atoms with E-state index in [2.05, 4.69) is 21.2 Å². The van der Waals surface area contributed by atoms with Crippen LogP contribution in [0.2, 0.25) is 0 Å². The summed E-state index contributed by atoms with van der Waals surface area (Å²) in [6.45, 7) is 2.37. The Morgan fingerprint density at radius 3 is 2.68 bits per heavy atom. The Labute approximate surface area is 120 Å². The van der Waals surface area contributed by atoms with E-state index in [1.165, 1.54) is 4.90 Å². The summed E-state index contributed by atoms with van der Waals surface area (Å²) < 4.78 is 0.819. The second kappa shape index (κ2) is 7.13. The fourth-order valence-corrected chi connectivity index (χ4v) is 2.09. The molecular weight excluding hydrogens is 312 g/mol. The minimum atomic E-state index is -0.852. The number of anilines is 1. The molecule has 0 aliphatic carbocycles. The Bertz CT molecular complexity index is 477. The second-order valence-electron chi connectivity index (χ2n) is 4.33. The fourth-order valence-electron chi connectivity index (χ4n) is 1.50. The summed E-state index contributed by atoms with van der Waals surface area (Å²) >= 11 is 3.39. The molecule has 0 heterocycles. The van der Waals surface area contributed by atoms with Crippen LogP contribution in [0.25, 0.3) is 0 Å². The lowest BCUT2D eigenvalue weighted by atomic mass is 10.2. The number of urea groups is 1. The Hall–Kier alpha value is -1.56. The molecule has 0 atom stereocenters. The first-order valence-electron chi connectivity index (χ1n) is 5.90. The summed E-state index contributed by atoms with van der Waals surface area (Å²) in [6.07, 6.45) is 0.500. The molecule has 0 unspecified atom stereocenters. The molecule has 5 nitrogen and oxygen atoms in total. The number of halogens is 1. The Kier molecular flexibility index (Phi) is 5.82. The van der Waals surface area contributed by atoms with E-state index in [0.717, 1.165) is 10.0 Å². The minimum Gasteiger partial charge on any atom is -0.481 e. The lowest BCUT2D eigenvalue weighted by molar-refractivity contribution is -0.137. The molecule has 0 aromatic heterocycles. The number of aliphatic carboxylic acids is 1. The molecule has 0 aliphatic heterocycles. The van der Waals surface area contributed by atoms with Crippen LogP contribution in [-0.2, 0) is 4.79 Å². The van der Waals surface area contributed by atoms with E-state index in [9.17, 15) is 9.59 Å². The van der Waals surface area contributed by atoms with Crippen LogP contribution in [0, 0.1) is 6.92 Å². The standard InChI is InChI=1S/C13H17BrN2O3/c1-9-5-6-11(10(14)8-9)15-13(19)16(2)7-3-4-12(17)18/h5-6,8H,3-4,7H2,1-2H3,(H,15,19)(H,17,18).